The highest BCUT2D eigenvalue weighted by atomic mass is 16.5. The Hall–Kier alpha value is -2.07. The van der Waals surface area contributed by atoms with Gasteiger partial charge in [0.1, 0.15) is 5.75 Å². The Kier molecular flexibility index (Phi) is 5.17. The summed E-state index contributed by atoms with van der Waals surface area (Å²) in [7, 11) is 0. The van der Waals surface area contributed by atoms with E-state index in [9.17, 15) is 9.90 Å². The van der Waals surface area contributed by atoms with Crippen LogP contribution in [0.4, 0.5) is 0 Å². The summed E-state index contributed by atoms with van der Waals surface area (Å²) in [4.78, 5) is 12.2. The molecule has 1 N–H and O–H groups in total. The quantitative estimate of drug-likeness (QED) is 0.889. The molecule has 21 heavy (non-hydrogen) atoms. The van der Waals surface area contributed by atoms with E-state index >= 15 is 0 Å². The van der Waals surface area contributed by atoms with Crippen molar-refractivity contribution in [3.05, 3.63) is 52.3 Å². The van der Waals surface area contributed by atoms with E-state index in [1.54, 1.807) is 10.6 Å². The number of aliphatic hydroxyl groups is 1. The van der Waals surface area contributed by atoms with Gasteiger partial charge in [0.25, 0.3) is 5.56 Å². The molecule has 0 fully saturated rings. The third-order valence-electron chi connectivity index (χ3n) is 3.36. The monoisotopic (exact) mass is 287 g/mol. The van der Waals surface area contributed by atoms with E-state index in [4.69, 9.17) is 4.74 Å². The largest absolute Gasteiger partial charge is 0.494 e. The van der Waals surface area contributed by atoms with Crippen molar-refractivity contribution in [3.63, 3.8) is 0 Å². The van der Waals surface area contributed by atoms with Crippen molar-refractivity contribution in [1.29, 1.82) is 0 Å². The Morgan fingerprint density at radius 2 is 1.81 bits per heavy atom. The molecule has 0 amide bonds. The van der Waals surface area contributed by atoms with Gasteiger partial charge in [0.05, 0.1) is 18.9 Å². The van der Waals surface area contributed by atoms with Gasteiger partial charge in [-0.25, -0.2) is 0 Å². The summed E-state index contributed by atoms with van der Waals surface area (Å²) in [6, 6.07) is 11.3. The average Bonchev–Trinajstić information content (AvgIpc) is 2.53. The van der Waals surface area contributed by atoms with Crippen LogP contribution < -0.4 is 10.3 Å². The first-order valence-electron chi connectivity index (χ1n) is 7.28. The van der Waals surface area contributed by atoms with Crippen LogP contribution in [-0.4, -0.2) is 16.3 Å². The van der Waals surface area contributed by atoms with Gasteiger partial charge in [-0.3, -0.25) is 4.79 Å². The van der Waals surface area contributed by atoms with Gasteiger partial charge in [0, 0.05) is 12.1 Å². The van der Waals surface area contributed by atoms with Crippen LogP contribution in [0, 0.1) is 0 Å². The third-order valence-corrected chi connectivity index (χ3v) is 3.36. The van der Waals surface area contributed by atoms with Gasteiger partial charge in [-0.2, -0.15) is 0 Å². The van der Waals surface area contributed by atoms with Crippen LogP contribution in [0.25, 0.3) is 11.3 Å². The van der Waals surface area contributed by atoms with E-state index in [1.165, 1.54) is 0 Å². The molecule has 0 aliphatic carbocycles. The molecule has 1 aromatic heterocycles. The second kappa shape index (κ2) is 7.09. The maximum Gasteiger partial charge on any atom is 0.256 e. The van der Waals surface area contributed by atoms with Crippen LogP contribution in [0.2, 0.25) is 0 Å². The molecule has 2 aromatic rings. The number of benzene rings is 1. The minimum atomic E-state index is -0.233. The topological polar surface area (TPSA) is 51.5 Å². The van der Waals surface area contributed by atoms with E-state index in [-0.39, 0.29) is 12.2 Å². The first-order chi connectivity index (χ1) is 10.2. The molecular formula is C17H21NO3. The number of aromatic nitrogens is 1. The summed E-state index contributed by atoms with van der Waals surface area (Å²) < 4.78 is 7.24. The molecular weight excluding hydrogens is 266 g/mol. The average molecular weight is 287 g/mol. The lowest BCUT2D eigenvalue weighted by Gasteiger charge is -2.13. The maximum absolute atomic E-state index is 12.2. The lowest BCUT2D eigenvalue weighted by molar-refractivity contribution is 0.279. The molecule has 0 unspecified atom stereocenters. The van der Waals surface area contributed by atoms with Gasteiger partial charge >= 0.3 is 0 Å². The molecule has 0 spiro atoms. The fraction of sp³-hybridized carbons (Fsp3) is 0.353. The highest BCUT2D eigenvalue weighted by molar-refractivity contribution is 5.61. The molecule has 1 heterocycles. The number of pyridine rings is 1. The first kappa shape index (κ1) is 15.3. The van der Waals surface area contributed by atoms with Crippen molar-refractivity contribution in [1.82, 2.24) is 4.57 Å². The molecule has 0 atom stereocenters. The summed E-state index contributed by atoms with van der Waals surface area (Å²) in [6.45, 7) is 5.02. The summed E-state index contributed by atoms with van der Waals surface area (Å²) >= 11 is 0. The Bertz CT molecular complexity index is 644. The predicted octanol–water partition coefficient (Wildman–Crippen LogP) is 2.82. The number of hydrogen-bond acceptors (Lipinski definition) is 3. The summed E-state index contributed by atoms with van der Waals surface area (Å²) in [5.74, 6) is 0.831. The Morgan fingerprint density at radius 3 is 2.38 bits per heavy atom. The highest BCUT2D eigenvalue weighted by Crippen LogP contribution is 2.22. The summed E-state index contributed by atoms with van der Waals surface area (Å²) in [5.41, 5.74) is 2.09. The zero-order valence-corrected chi connectivity index (χ0v) is 12.5. The zero-order valence-electron chi connectivity index (χ0n) is 12.5. The number of hydrogen-bond donors (Lipinski definition) is 1. The van der Waals surface area contributed by atoms with Crippen molar-refractivity contribution in [2.45, 2.75) is 33.4 Å². The van der Waals surface area contributed by atoms with Gasteiger partial charge in [-0.1, -0.05) is 6.92 Å². The molecule has 0 bridgehead atoms. The summed E-state index contributed by atoms with van der Waals surface area (Å²) in [5, 5.41) is 9.19. The van der Waals surface area contributed by atoms with Crippen LogP contribution in [0.1, 0.15) is 25.8 Å². The minimum Gasteiger partial charge on any atom is -0.494 e. The van der Waals surface area contributed by atoms with Crippen molar-refractivity contribution in [2.24, 2.45) is 0 Å². The standard InChI is InChI=1S/C17H21NO3/c1-3-11-21-15-8-5-13(6-9-15)16-10-7-14(12-19)17(20)18(16)4-2/h5-10,19H,3-4,11-12H2,1-2H3. The van der Waals surface area contributed by atoms with Crippen molar-refractivity contribution in [3.8, 4) is 17.0 Å². The molecule has 4 nitrogen and oxygen atoms in total. The van der Waals surface area contributed by atoms with Crippen LogP contribution in [-0.2, 0) is 13.2 Å². The van der Waals surface area contributed by atoms with Crippen molar-refractivity contribution >= 4 is 0 Å². The minimum absolute atomic E-state index is 0.135. The molecule has 112 valence electrons. The SMILES string of the molecule is CCCOc1ccc(-c2ccc(CO)c(=O)n2CC)cc1. The Balaban J connectivity index is 2.37. The molecule has 1 aromatic carbocycles. The Morgan fingerprint density at radius 1 is 1.10 bits per heavy atom. The predicted molar refractivity (Wildman–Crippen MR) is 83.5 cm³/mol. The molecule has 0 saturated carbocycles. The van der Waals surface area contributed by atoms with E-state index in [2.05, 4.69) is 6.92 Å². The molecule has 0 radical (unpaired) electrons. The lowest BCUT2D eigenvalue weighted by atomic mass is 10.1. The third kappa shape index (κ3) is 3.34. The van der Waals surface area contributed by atoms with Crippen LogP contribution >= 0.6 is 0 Å². The Labute approximate surface area is 124 Å². The second-order valence-corrected chi connectivity index (χ2v) is 4.82. The van der Waals surface area contributed by atoms with E-state index < -0.39 is 0 Å². The maximum atomic E-state index is 12.2. The van der Waals surface area contributed by atoms with E-state index in [0.29, 0.717) is 18.7 Å². The fourth-order valence-electron chi connectivity index (χ4n) is 2.25. The molecule has 4 heteroatoms. The smallest absolute Gasteiger partial charge is 0.256 e. The lowest BCUT2D eigenvalue weighted by Crippen LogP contribution is -2.24. The van der Waals surface area contributed by atoms with Gasteiger partial charge in [0.2, 0.25) is 0 Å². The van der Waals surface area contributed by atoms with Crippen LogP contribution in [0.3, 0.4) is 0 Å². The molecule has 0 saturated heterocycles. The van der Waals surface area contributed by atoms with Crippen LogP contribution in [0.15, 0.2) is 41.2 Å². The number of aliphatic hydroxyl groups excluding tert-OH is 1. The number of nitrogens with zero attached hydrogens (tertiary/aromatic N) is 1. The second-order valence-electron chi connectivity index (χ2n) is 4.82. The van der Waals surface area contributed by atoms with Crippen LogP contribution in [0.5, 0.6) is 5.75 Å². The first-order valence-corrected chi connectivity index (χ1v) is 7.28. The van der Waals surface area contributed by atoms with Crippen molar-refractivity contribution in [2.75, 3.05) is 6.61 Å². The van der Waals surface area contributed by atoms with Crippen molar-refractivity contribution < 1.29 is 9.84 Å². The van der Waals surface area contributed by atoms with Gasteiger partial charge in [-0.05, 0) is 55.3 Å². The molecule has 2 rings (SSSR count). The normalized spacial score (nSPS) is 10.6. The summed E-state index contributed by atoms with van der Waals surface area (Å²) in [6.07, 6.45) is 0.972. The number of rotatable bonds is 6. The molecule has 0 aliphatic heterocycles. The zero-order chi connectivity index (χ0) is 15.2. The van der Waals surface area contributed by atoms with E-state index in [0.717, 1.165) is 23.4 Å². The highest BCUT2D eigenvalue weighted by Gasteiger charge is 2.09. The van der Waals surface area contributed by atoms with E-state index in [1.807, 2.05) is 37.3 Å². The van der Waals surface area contributed by atoms with Gasteiger partial charge in [-0.15, -0.1) is 0 Å². The number of ether oxygens (including phenoxy) is 1. The fourth-order valence-corrected chi connectivity index (χ4v) is 2.25. The van der Waals surface area contributed by atoms with Gasteiger partial charge in [0.15, 0.2) is 0 Å². The molecule has 0 aliphatic rings. The van der Waals surface area contributed by atoms with Gasteiger partial charge < -0.3 is 14.4 Å².